The van der Waals surface area contributed by atoms with Gasteiger partial charge in [0.1, 0.15) is 0 Å². The van der Waals surface area contributed by atoms with Gasteiger partial charge in [0, 0.05) is 11.9 Å². The normalized spacial score (nSPS) is 14.3. The van der Waals surface area contributed by atoms with Crippen LogP contribution >= 0.6 is 23.1 Å². The Morgan fingerprint density at radius 2 is 2.06 bits per heavy atom. The Labute approximate surface area is 106 Å². The highest BCUT2D eigenvalue weighted by Gasteiger charge is 2.35. The summed E-state index contributed by atoms with van der Waals surface area (Å²) >= 11 is 2.04. The molecular formula is C10H14F3NOS2. The molecule has 98 valence electrons. The zero-order valence-corrected chi connectivity index (χ0v) is 11.1. The zero-order valence-electron chi connectivity index (χ0n) is 9.49. The van der Waals surface area contributed by atoms with Gasteiger partial charge >= 0.3 is 6.18 Å². The van der Waals surface area contributed by atoms with Crippen molar-refractivity contribution in [2.45, 2.75) is 26.1 Å². The number of aliphatic hydroxyl groups is 1. The van der Waals surface area contributed by atoms with Crippen LogP contribution in [0.4, 0.5) is 13.2 Å². The van der Waals surface area contributed by atoms with Crippen molar-refractivity contribution in [3.63, 3.8) is 0 Å². The lowest BCUT2D eigenvalue weighted by Gasteiger charge is -2.08. The van der Waals surface area contributed by atoms with E-state index in [1.165, 1.54) is 11.8 Å². The third-order valence-corrected chi connectivity index (χ3v) is 4.42. The summed E-state index contributed by atoms with van der Waals surface area (Å²) in [7, 11) is 0. The molecule has 0 bridgehead atoms. The first-order valence-corrected chi connectivity index (χ1v) is 7.06. The Morgan fingerprint density at radius 3 is 2.53 bits per heavy atom. The molecule has 0 spiro atoms. The molecule has 7 heteroatoms. The molecule has 1 unspecified atom stereocenters. The van der Waals surface area contributed by atoms with E-state index in [2.05, 4.69) is 4.98 Å². The number of aliphatic hydroxyl groups excluding tert-OH is 1. The second-order valence-corrected chi connectivity index (χ2v) is 6.15. The van der Waals surface area contributed by atoms with Gasteiger partial charge in [-0.1, -0.05) is 13.8 Å². The fraction of sp³-hybridized carbons (Fsp3) is 0.700. The second kappa shape index (κ2) is 6.06. The van der Waals surface area contributed by atoms with E-state index < -0.39 is 17.3 Å². The molecule has 1 heterocycles. The van der Waals surface area contributed by atoms with Crippen LogP contribution in [0.25, 0.3) is 0 Å². The number of alkyl halides is 3. The molecular weight excluding hydrogens is 271 g/mol. The minimum absolute atomic E-state index is 0.272. The zero-order chi connectivity index (χ0) is 13.1. The number of thiazole rings is 1. The van der Waals surface area contributed by atoms with Gasteiger partial charge in [-0.05, 0) is 11.7 Å². The average Bonchev–Trinajstić information content (AvgIpc) is 2.64. The van der Waals surface area contributed by atoms with Crippen molar-refractivity contribution in [3.05, 3.63) is 16.1 Å². The molecule has 0 radical (unpaired) electrons. The SMILES string of the molecule is CC(C)CSCC(O)c1cnc(C(F)(F)F)s1. The molecule has 1 aromatic rings. The third kappa shape index (κ3) is 4.85. The maximum Gasteiger partial charge on any atom is 0.443 e. The number of halogens is 3. The van der Waals surface area contributed by atoms with Crippen LogP contribution in [0.3, 0.4) is 0 Å². The van der Waals surface area contributed by atoms with Gasteiger partial charge in [-0.3, -0.25) is 0 Å². The van der Waals surface area contributed by atoms with Gasteiger partial charge in [0.15, 0.2) is 5.01 Å². The standard InChI is InChI=1S/C10H14F3NOS2/c1-6(2)4-16-5-7(15)8-3-14-9(17-8)10(11,12)13/h3,6-7,15H,4-5H2,1-2H3. The van der Waals surface area contributed by atoms with Gasteiger partial charge in [-0.25, -0.2) is 4.98 Å². The molecule has 2 nitrogen and oxygen atoms in total. The molecule has 0 aliphatic heterocycles. The van der Waals surface area contributed by atoms with Crippen LogP contribution in [-0.4, -0.2) is 21.6 Å². The van der Waals surface area contributed by atoms with E-state index in [1.54, 1.807) is 0 Å². The van der Waals surface area contributed by atoms with E-state index >= 15 is 0 Å². The van der Waals surface area contributed by atoms with Crippen molar-refractivity contribution in [3.8, 4) is 0 Å². The summed E-state index contributed by atoms with van der Waals surface area (Å²) in [4.78, 5) is 3.55. The largest absolute Gasteiger partial charge is 0.443 e. The van der Waals surface area contributed by atoms with Gasteiger partial charge in [-0.2, -0.15) is 24.9 Å². The lowest BCUT2D eigenvalue weighted by atomic mass is 10.3. The fourth-order valence-electron chi connectivity index (χ4n) is 1.07. The van der Waals surface area contributed by atoms with Crippen molar-refractivity contribution in [1.82, 2.24) is 4.98 Å². The molecule has 0 aliphatic rings. The molecule has 0 aliphatic carbocycles. The Kier molecular flexibility index (Phi) is 5.27. The van der Waals surface area contributed by atoms with Crippen LogP contribution in [0.15, 0.2) is 6.20 Å². The Hall–Kier alpha value is -0.270. The molecule has 17 heavy (non-hydrogen) atoms. The Bertz CT molecular complexity index is 352. The van der Waals surface area contributed by atoms with Crippen molar-refractivity contribution < 1.29 is 18.3 Å². The summed E-state index contributed by atoms with van der Waals surface area (Å²) in [5.74, 6) is 1.78. The first kappa shape index (κ1) is 14.8. The highest BCUT2D eigenvalue weighted by molar-refractivity contribution is 7.99. The molecule has 1 N–H and O–H groups in total. The molecule has 0 aromatic carbocycles. The Morgan fingerprint density at radius 1 is 1.41 bits per heavy atom. The van der Waals surface area contributed by atoms with Crippen molar-refractivity contribution in [1.29, 1.82) is 0 Å². The average molecular weight is 285 g/mol. The van der Waals surface area contributed by atoms with Crippen molar-refractivity contribution >= 4 is 23.1 Å². The third-order valence-electron chi connectivity index (χ3n) is 1.82. The van der Waals surface area contributed by atoms with Crippen molar-refractivity contribution in [2.75, 3.05) is 11.5 Å². The van der Waals surface area contributed by atoms with Crippen LogP contribution in [0.2, 0.25) is 0 Å². The minimum atomic E-state index is -4.42. The summed E-state index contributed by atoms with van der Waals surface area (Å²) in [5.41, 5.74) is 0. The number of rotatable bonds is 5. The maximum atomic E-state index is 12.3. The van der Waals surface area contributed by atoms with Crippen LogP contribution in [0, 0.1) is 5.92 Å². The highest BCUT2D eigenvalue weighted by Crippen LogP contribution is 2.35. The minimum Gasteiger partial charge on any atom is -0.387 e. The van der Waals surface area contributed by atoms with Crippen LogP contribution < -0.4 is 0 Å². The molecule has 1 atom stereocenters. The van der Waals surface area contributed by atoms with Crippen LogP contribution in [0.1, 0.15) is 29.8 Å². The highest BCUT2D eigenvalue weighted by atomic mass is 32.2. The molecule has 1 aromatic heterocycles. The van der Waals surface area contributed by atoms with Crippen LogP contribution in [-0.2, 0) is 6.18 Å². The summed E-state index contributed by atoms with van der Waals surface area (Å²) in [5, 5.41) is 8.79. The quantitative estimate of drug-likeness (QED) is 0.897. The summed E-state index contributed by atoms with van der Waals surface area (Å²) in [6.07, 6.45) is -4.19. The van der Waals surface area contributed by atoms with E-state index in [0.29, 0.717) is 23.0 Å². The van der Waals surface area contributed by atoms with Gasteiger partial charge in [0.25, 0.3) is 0 Å². The topological polar surface area (TPSA) is 33.1 Å². The molecule has 0 saturated carbocycles. The number of nitrogens with zero attached hydrogens (tertiary/aromatic N) is 1. The Balaban J connectivity index is 2.52. The van der Waals surface area contributed by atoms with E-state index in [9.17, 15) is 18.3 Å². The first-order chi connectivity index (χ1) is 7.80. The van der Waals surface area contributed by atoms with E-state index in [1.807, 2.05) is 13.8 Å². The monoisotopic (exact) mass is 285 g/mol. The predicted molar refractivity (Wildman–Crippen MR) is 64.2 cm³/mol. The van der Waals surface area contributed by atoms with Gasteiger partial charge < -0.3 is 5.11 Å². The van der Waals surface area contributed by atoms with E-state index in [0.717, 1.165) is 11.9 Å². The number of hydrogen-bond donors (Lipinski definition) is 1. The summed E-state index contributed by atoms with van der Waals surface area (Å²) < 4.78 is 36.9. The molecule has 0 fully saturated rings. The summed E-state index contributed by atoms with van der Waals surface area (Å²) in [6.45, 7) is 4.10. The smallest absolute Gasteiger partial charge is 0.387 e. The molecule has 1 rings (SSSR count). The van der Waals surface area contributed by atoms with Crippen LogP contribution in [0.5, 0.6) is 0 Å². The van der Waals surface area contributed by atoms with Gasteiger partial charge in [0.2, 0.25) is 0 Å². The maximum absolute atomic E-state index is 12.3. The number of thioether (sulfide) groups is 1. The van der Waals surface area contributed by atoms with Gasteiger partial charge in [0.05, 0.1) is 11.0 Å². The van der Waals surface area contributed by atoms with E-state index in [4.69, 9.17) is 0 Å². The summed E-state index contributed by atoms with van der Waals surface area (Å²) in [6, 6.07) is 0. The number of hydrogen-bond acceptors (Lipinski definition) is 4. The molecule has 0 amide bonds. The number of aromatic nitrogens is 1. The van der Waals surface area contributed by atoms with Crippen molar-refractivity contribution in [2.24, 2.45) is 5.92 Å². The van der Waals surface area contributed by atoms with Gasteiger partial charge in [-0.15, -0.1) is 11.3 Å². The second-order valence-electron chi connectivity index (χ2n) is 4.01. The lowest BCUT2D eigenvalue weighted by Crippen LogP contribution is -2.03. The van der Waals surface area contributed by atoms with E-state index in [-0.39, 0.29) is 4.88 Å². The first-order valence-electron chi connectivity index (χ1n) is 5.09. The molecule has 0 saturated heterocycles. The lowest BCUT2D eigenvalue weighted by molar-refractivity contribution is -0.137. The fourth-order valence-corrected chi connectivity index (χ4v) is 2.95. The predicted octanol–water partition coefficient (Wildman–Crippen LogP) is 3.58.